The fourth-order valence-electron chi connectivity index (χ4n) is 1.62. The second kappa shape index (κ2) is 4.92. The van der Waals surface area contributed by atoms with E-state index in [1.54, 1.807) is 6.07 Å². The highest BCUT2D eigenvalue weighted by Crippen LogP contribution is 2.13. The van der Waals surface area contributed by atoms with Crippen LogP contribution in [0.3, 0.4) is 0 Å². The zero-order valence-electron chi connectivity index (χ0n) is 9.10. The topological polar surface area (TPSA) is 73.2 Å². The molecule has 1 aliphatic heterocycles. The van der Waals surface area contributed by atoms with Crippen LogP contribution in [0.4, 0.5) is 0 Å². The fraction of sp³-hybridized carbons (Fsp3) is 0.889. The molecule has 0 radical (unpaired) electrons. The van der Waals surface area contributed by atoms with Crippen molar-refractivity contribution in [2.75, 3.05) is 26.7 Å². The highest BCUT2D eigenvalue weighted by Gasteiger charge is 2.24. The molecule has 15 heavy (non-hydrogen) atoms. The summed E-state index contributed by atoms with van der Waals surface area (Å²) in [4.78, 5) is 2.17. The van der Waals surface area contributed by atoms with Crippen LogP contribution >= 0.6 is 0 Å². The summed E-state index contributed by atoms with van der Waals surface area (Å²) in [5, 5.41) is 7.55. The molecule has 1 aliphatic rings. The monoisotopic (exact) mass is 231 g/mol. The van der Waals surface area contributed by atoms with Crippen LogP contribution in [0.5, 0.6) is 0 Å². The predicted molar refractivity (Wildman–Crippen MR) is 57.6 cm³/mol. The summed E-state index contributed by atoms with van der Waals surface area (Å²) in [6, 6.07) is 1.73. The van der Waals surface area contributed by atoms with Gasteiger partial charge in [0.15, 0.2) is 5.25 Å². The standard InChI is InChI=1S/C9H17N3O2S/c1-8(5-10)15(13,14)11-6-9-3-4-12(2)7-9/h8-9,11H,3-4,6-7H2,1-2H3. The highest BCUT2D eigenvalue weighted by atomic mass is 32.2. The van der Waals surface area contributed by atoms with E-state index in [2.05, 4.69) is 9.62 Å². The Morgan fingerprint density at radius 2 is 2.33 bits per heavy atom. The number of nitrogens with zero attached hydrogens (tertiary/aromatic N) is 2. The molecule has 1 N–H and O–H groups in total. The first kappa shape index (κ1) is 12.4. The lowest BCUT2D eigenvalue weighted by Gasteiger charge is -2.12. The fourth-order valence-corrected chi connectivity index (χ4v) is 2.48. The smallest absolute Gasteiger partial charge is 0.227 e. The second-order valence-electron chi connectivity index (χ2n) is 4.08. The highest BCUT2D eigenvalue weighted by molar-refractivity contribution is 7.90. The zero-order chi connectivity index (χ0) is 11.5. The van der Waals surface area contributed by atoms with Gasteiger partial charge in [-0.3, -0.25) is 0 Å². The van der Waals surface area contributed by atoms with Gasteiger partial charge in [0.05, 0.1) is 6.07 Å². The van der Waals surface area contributed by atoms with Crippen LogP contribution in [-0.2, 0) is 10.0 Å². The summed E-state index contributed by atoms with van der Waals surface area (Å²) in [5.74, 6) is 0.371. The molecule has 0 aromatic heterocycles. The lowest BCUT2D eigenvalue weighted by Crippen LogP contribution is -2.35. The van der Waals surface area contributed by atoms with Gasteiger partial charge in [-0.15, -0.1) is 0 Å². The lowest BCUT2D eigenvalue weighted by molar-refractivity contribution is 0.394. The van der Waals surface area contributed by atoms with E-state index < -0.39 is 15.3 Å². The van der Waals surface area contributed by atoms with Crippen molar-refractivity contribution in [1.29, 1.82) is 5.26 Å². The normalized spacial score (nSPS) is 25.0. The first-order valence-electron chi connectivity index (χ1n) is 5.02. The molecule has 1 saturated heterocycles. The van der Waals surface area contributed by atoms with Crippen LogP contribution in [0, 0.1) is 17.2 Å². The van der Waals surface area contributed by atoms with E-state index in [1.807, 2.05) is 7.05 Å². The van der Waals surface area contributed by atoms with Gasteiger partial charge in [-0.05, 0) is 32.9 Å². The van der Waals surface area contributed by atoms with Crippen molar-refractivity contribution in [2.24, 2.45) is 5.92 Å². The number of nitrogens with one attached hydrogen (secondary N) is 1. The Kier molecular flexibility index (Phi) is 4.08. The van der Waals surface area contributed by atoms with E-state index in [9.17, 15) is 8.42 Å². The average molecular weight is 231 g/mol. The third kappa shape index (κ3) is 3.45. The van der Waals surface area contributed by atoms with Crippen molar-refractivity contribution >= 4 is 10.0 Å². The summed E-state index contributed by atoms with van der Waals surface area (Å²) in [6.07, 6.45) is 1.01. The molecular weight excluding hydrogens is 214 g/mol. The number of sulfonamides is 1. The van der Waals surface area contributed by atoms with Crippen molar-refractivity contribution in [3.05, 3.63) is 0 Å². The minimum Gasteiger partial charge on any atom is -0.306 e. The summed E-state index contributed by atoms with van der Waals surface area (Å²) >= 11 is 0. The molecule has 5 nitrogen and oxygen atoms in total. The summed E-state index contributed by atoms with van der Waals surface area (Å²) in [7, 11) is -1.42. The summed E-state index contributed by atoms with van der Waals surface area (Å²) < 4.78 is 25.4. The lowest BCUT2D eigenvalue weighted by atomic mass is 10.1. The molecule has 86 valence electrons. The molecule has 2 atom stereocenters. The number of rotatable bonds is 4. The first-order chi connectivity index (χ1) is 6.95. The van der Waals surface area contributed by atoms with Gasteiger partial charge in [0.2, 0.25) is 10.0 Å². The summed E-state index contributed by atoms with van der Waals surface area (Å²) in [5.41, 5.74) is 0. The number of nitriles is 1. The van der Waals surface area contributed by atoms with E-state index in [0.29, 0.717) is 12.5 Å². The maximum atomic E-state index is 11.5. The van der Waals surface area contributed by atoms with E-state index in [-0.39, 0.29) is 0 Å². The van der Waals surface area contributed by atoms with Gasteiger partial charge >= 0.3 is 0 Å². The Balaban J connectivity index is 2.41. The summed E-state index contributed by atoms with van der Waals surface area (Å²) in [6.45, 7) is 3.77. The molecule has 2 unspecified atom stereocenters. The van der Waals surface area contributed by atoms with E-state index >= 15 is 0 Å². The van der Waals surface area contributed by atoms with Gasteiger partial charge in [-0.25, -0.2) is 13.1 Å². The molecule has 6 heteroatoms. The Hall–Kier alpha value is -0.640. The zero-order valence-corrected chi connectivity index (χ0v) is 9.92. The molecule has 1 heterocycles. The molecule has 0 aromatic rings. The SMILES string of the molecule is CC(C#N)S(=O)(=O)NCC1CCN(C)C1. The predicted octanol–water partition coefficient (Wildman–Crippen LogP) is -0.230. The van der Waals surface area contributed by atoms with Gasteiger partial charge in [-0.2, -0.15) is 5.26 Å². The van der Waals surface area contributed by atoms with Crippen LogP contribution in [0.2, 0.25) is 0 Å². The van der Waals surface area contributed by atoms with Crippen molar-refractivity contribution < 1.29 is 8.42 Å². The van der Waals surface area contributed by atoms with Crippen LogP contribution in [0.1, 0.15) is 13.3 Å². The van der Waals surface area contributed by atoms with Crippen LogP contribution in [0.15, 0.2) is 0 Å². The molecule has 0 spiro atoms. The van der Waals surface area contributed by atoms with Gasteiger partial charge in [-0.1, -0.05) is 0 Å². The van der Waals surface area contributed by atoms with Crippen LogP contribution in [0.25, 0.3) is 0 Å². The Morgan fingerprint density at radius 1 is 1.67 bits per heavy atom. The minimum absolute atomic E-state index is 0.371. The van der Waals surface area contributed by atoms with Gasteiger partial charge in [0, 0.05) is 13.1 Å². The van der Waals surface area contributed by atoms with Gasteiger partial charge in [0.1, 0.15) is 0 Å². The molecule has 0 amide bonds. The molecule has 1 fully saturated rings. The molecule has 0 bridgehead atoms. The third-order valence-corrected chi connectivity index (χ3v) is 4.31. The molecule has 0 aliphatic carbocycles. The number of likely N-dealkylation sites (tertiary alicyclic amines) is 1. The van der Waals surface area contributed by atoms with Crippen LogP contribution in [-0.4, -0.2) is 45.2 Å². The first-order valence-corrected chi connectivity index (χ1v) is 6.57. The Morgan fingerprint density at radius 3 is 2.80 bits per heavy atom. The van der Waals surface area contributed by atoms with Crippen LogP contribution < -0.4 is 4.72 Å². The number of hydrogen-bond donors (Lipinski definition) is 1. The second-order valence-corrected chi connectivity index (χ2v) is 6.17. The Bertz CT molecular complexity index is 347. The van der Waals surface area contributed by atoms with Gasteiger partial charge < -0.3 is 4.90 Å². The maximum absolute atomic E-state index is 11.5. The molecule has 0 saturated carbocycles. The average Bonchev–Trinajstić information content (AvgIpc) is 2.60. The van der Waals surface area contributed by atoms with Gasteiger partial charge in [0.25, 0.3) is 0 Å². The van der Waals surface area contributed by atoms with Crippen molar-refractivity contribution in [3.63, 3.8) is 0 Å². The maximum Gasteiger partial charge on any atom is 0.227 e. The van der Waals surface area contributed by atoms with E-state index in [4.69, 9.17) is 5.26 Å². The van der Waals surface area contributed by atoms with Crippen molar-refractivity contribution in [1.82, 2.24) is 9.62 Å². The van der Waals surface area contributed by atoms with Crippen molar-refractivity contribution in [3.8, 4) is 6.07 Å². The molecule has 1 rings (SSSR count). The molecular formula is C9H17N3O2S. The quantitative estimate of drug-likeness (QED) is 0.725. The third-order valence-electron chi connectivity index (χ3n) is 2.71. The number of hydrogen-bond acceptors (Lipinski definition) is 4. The van der Waals surface area contributed by atoms with E-state index in [0.717, 1.165) is 19.5 Å². The minimum atomic E-state index is -3.44. The molecule has 0 aromatic carbocycles. The largest absolute Gasteiger partial charge is 0.306 e. The van der Waals surface area contributed by atoms with E-state index in [1.165, 1.54) is 6.92 Å². The Labute approximate surface area is 91.1 Å². The van der Waals surface area contributed by atoms with Crippen molar-refractivity contribution in [2.45, 2.75) is 18.6 Å².